The highest BCUT2D eigenvalue weighted by Gasteiger charge is 2.30. The number of nitrogens with one attached hydrogen (secondary N) is 1. The van der Waals surface area contributed by atoms with Crippen LogP contribution in [0.5, 0.6) is 5.88 Å². The van der Waals surface area contributed by atoms with E-state index in [4.69, 9.17) is 4.74 Å². The van der Waals surface area contributed by atoms with Crippen molar-refractivity contribution in [2.45, 2.75) is 26.3 Å². The predicted octanol–water partition coefficient (Wildman–Crippen LogP) is 2.27. The summed E-state index contributed by atoms with van der Waals surface area (Å²) < 4.78 is 7.46. The van der Waals surface area contributed by atoms with Crippen molar-refractivity contribution in [1.82, 2.24) is 24.3 Å². The number of carboxylic acid groups (broad SMARTS) is 1. The van der Waals surface area contributed by atoms with Gasteiger partial charge < -0.3 is 29.4 Å². The van der Waals surface area contributed by atoms with Crippen LogP contribution in [0.25, 0.3) is 5.65 Å². The summed E-state index contributed by atoms with van der Waals surface area (Å²) >= 11 is 0. The molecule has 0 radical (unpaired) electrons. The first kappa shape index (κ1) is 21.3. The minimum absolute atomic E-state index is 0.142. The Kier molecular flexibility index (Phi) is 5.80. The third-order valence-corrected chi connectivity index (χ3v) is 5.39. The van der Waals surface area contributed by atoms with Gasteiger partial charge in [0.1, 0.15) is 11.2 Å². The van der Waals surface area contributed by atoms with Crippen molar-refractivity contribution in [3.8, 4) is 5.88 Å². The molecular formula is C21H25N7O4. The number of aryl methyl sites for hydroxylation is 1. The van der Waals surface area contributed by atoms with Gasteiger partial charge in [-0.2, -0.15) is 4.98 Å². The molecule has 0 saturated carbocycles. The Morgan fingerprint density at radius 1 is 1.31 bits per heavy atom. The number of anilines is 2. The van der Waals surface area contributed by atoms with Crippen molar-refractivity contribution < 1.29 is 19.4 Å². The topological polar surface area (TPSA) is 125 Å². The van der Waals surface area contributed by atoms with E-state index in [0.717, 1.165) is 11.3 Å². The number of pyridine rings is 1. The first-order valence-corrected chi connectivity index (χ1v) is 10.3. The van der Waals surface area contributed by atoms with Gasteiger partial charge in [-0.15, -0.1) is 0 Å². The van der Waals surface area contributed by atoms with E-state index in [1.807, 2.05) is 35.4 Å². The molecule has 1 atom stereocenters. The monoisotopic (exact) mass is 439 g/mol. The molecule has 1 fully saturated rings. The Morgan fingerprint density at radius 3 is 2.88 bits per heavy atom. The third kappa shape index (κ3) is 4.27. The van der Waals surface area contributed by atoms with E-state index in [0.29, 0.717) is 37.8 Å². The number of imidazole rings is 1. The highest BCUT2D eigenvalue weighted by atomic mass is 16.5. The molecule has 1 aliphatic rings. The van der Waals surface area contributed by atoms with Crippen LogP contribution in [-0.2, 0) is 0 Å². The standard InChI is InChI=1S/C21H25N7O4/c1-4-32-19-16(18(29)24-14-5-6-17-23-13(2)10-28(17)11-14)9-22-20(25-19)27-8-7-15(12-27)26(3)21(30)31/h5-6,9-11,15H,4,7-8,12H2,1-3H3,(H,24,29)(H,30,31). The molecule has 4 heterocycles. The number of hydrogen-bond donors (Lipinski definition) is 2. The highest BCUT2D eigenvalue weighted by molar-refractivity contribution is 6.05. The maximum Gasteiger partial charge on any atom is 0.407 e. The first-order valence-electron chi connectivity index (χ1n) is 10.3. The van der Waals surface area contributed by atoms with Crippen LogP contribution in [0.2, 0.25) is 0 Å². The minimum atomic E-state index is -0.969. The van der Waals surface area contributed by atoms with E-state index in [9.17, 15) is 14.7 Å². The van der Waals surface area contributed by atoms with Gasteiger partial charge >= 0.3 is 6.09 Å². The van der Waals surface area contributed by atoms with E-state index in [2.05, 4.69) is 20.3 Å². The van der Waals surface area contributed by atoms with Crippen molar-refractivity contribution in [2.75, 3.05) is 37.0 Å². The van der Waals surface area contributed by atoms with E-state index in [1.165, 1.54) is 11.1 Å². The number of likely N-dealkylation sites (N-methyl/N-ethyl adjacent to an activating group) is 1. The van der Waals surface area contributed by atoms with Gasteiger partial charge in [0.15, 0.2) is 0 Å². The molecular weight excluding hydrogens is 414 g/mol. The maximum absolute atomic E-state index is 12.9. The van der Waals surface area contributed by atoms with Gasteiger partial charge in [-0.05, 0) is 32.4 Å². The number of rotatable bonds is 6. The molecule has 0 aromatic carbocycles. The summed E-state index contributed by atoms with van der Waals surface area (Å²) in [5.74, 6) is 0.201. The number of ether oxygens (including phenoxy) is 1. The van der Waals surface area contributed by atoms with Gasteiger partial charge in [0.05, 0.1) is 24.0 Å². The average Bonchev–Trinajstić information content (AvgIpc) is 3.39. The molecule has 2 amide bonds. The number of hydrogen-bond acceptors (Lipinski definition) is 7. The summed E-state index contributed by atoms with van der Waals surface area (Å²) in [6, 6.07) is 3.46. The average molecular weight is 439 g/mol. The Balaban J connectivity index is 1.53. The number of nitrogens with zero attached hydrogens (tertiary/aromatic N) is 6. The fourth-order valence-corrected chi connectivity index (χ4v) is 3.70. The number of carbonyl (C=O) groups excluding carboxylic acids is 1. The second-order valence-corrected chi connectivity index (χ2v) is 7.62. The zero-order valence-corrected chi connectivity index (χ0v) is 18.1. The van der Waals surface area contributed by atoms with Crippen LogP contribution in [0, 0.1) is 6.92 Å². The Labute approximate surface area is 184 Å². The molecule has 1 saturated heterocycles. The molecule has 11 nitrogen and oxygen atoms in total. The summed E-state index contributed by atoms with van der Waals surface area (Å²) in [5, 5.41) is 12.0. The molecule has 168 valence electrons. The normalized spacial score (nSPS) is 15.7. The van der Waals surface area contributed by atoms with Crippen LogP contribution in [0.3, 0.4) is 0 Å². The lowest BCUT2D eigenvalue weighted by Crippen LogP contribution is -2.38. The molecule has 3 aromatic rings. The Morgan fingerprint density at radius 2 is 2.12 bits per heavy atom. The lowest BCUT2D eigenvalue weighted by atomic mass is 10.2. The van der Waals surface area contributed by atoms with Crippen LogP contribution < -0.4 is 15.0 Å². The van der Waals surface area contributed by atoms with Gasteiger partial charge in [0.2, 0.25) is 11.8 Å². The van der Waals surface area contributed by atoms with Crippen LogP contribution in [0.1, 0.15) is 29.4 Å². The van der Waals surface area contributed by atoms with E-state index in [1.54, 1.807) is 19.3 Å². The van der Waals surface area contributed by atoms with Crippen molar-refractivity contribution >= 4 is 29.3 Å². The summed E-state index contributed by atoms with van der Waals surface area (Å²) in [4.78, 5) is 40.5. The van der Waals surface area contributed by atoms with Crippen molar-refractivity contribution in [1.29, 1.82) is 0 Å². The molecule has 4 rings (SSSR count). The van der Waals surface area contributed by atoms with E-state index < -0.39 is 6.09 Å². The summed E-state index contributed by atoms with van der Waals surface area (Å²) in [7, 11) is 1.55. The van der Waals surface area contributed by atoms with Crippen LogP contribution in [0.4, 0.5) is 16.4 Å². The molecule has 1 unspecified atom stereocenters. The number of fused-ring (bicyclic) bond motifs is 1. The lowest BCUT2D eigenvalue weighted by Gasteiger charge is -2.22. The highest BCUT2D eigenvalue weighted by Crippen LogP contribution is 2.24. The van der Waals surface area contributed by atoms with E-state index in [-0.39, 0.29) is 23.4 Å². The van der Waals surface area contributed by atoms with Gasteiger partial charge in [-0.1, -0.05) is 0 Å². The van der Waals surface area contributed by atoms with Crippen LogP contribution in [-0.4, -0.2) is 74.1 Å². The SMILES string of the molecule is CCOc1nc(N2CCC(N(C)C(=O)O)C2)ncc1C(=O)Nc1ccc2nc(C)cn2c1. The van der Waals surface area contributed by atoms with E-state index >= 15 is 0 Å². The fraction of sp³-hybridized carbons (Fsp3) is 0.381. The molecule has 0 bridgehead atoms. The zero-order valence-electron chi connectivity index (χ0n) is 18.1. The molecule has 0 spiro atoms. The molecule has 32 heavy (non-hydrogen) atoms. The summed E-state index contributed by atoms with van der Waals surface area (Å²) in [5.41, 5.74) is 2.50. The van der Waals surface area contributed by atoms with Gasteiger partial charge in [-0.25, -0.2) is 14.8 Å². The number of aromatic nitrogens is 4. The number of carbonyl (C=O) groups is 2. The van der Waals surface area contributed by atoms with Gasteiger partial charge in [0, 0.05) is 38.7 Å². The third-order valence-electron chi connectivity index (χ3n) is 5.39. The molecule has 2 N–H and O–H groups in total. The van der Waals surface area contributed by atoms with Crippen LogP contribution in [0.15, 0.2) is 30.7 Å². The Hall–Kier alpha value is -3.89. The second-order valence-electron chi connectivity index (χ2n) is 7.62. The largest absolute Gasteiger partial charge is 0.477 e. The summed E-state index contributed by atoms with van der Waals surface area (Å²) in [6.07, 6.45) is 4.81. The van der Waals surface area contributed by atoms with Gasteiger partial charge in [0.25, 0.3) is 5.91 Å². The van der Waals surface area contributed by atoms with Gasteiger partial charge in [-0.3, -0.25) is 4.79 Å². The summed E-state index contributed by atoms with van der Waals surface area (Å²) in [6.45, 7) is 5.14. The maximum atomic E-state index is 12.9. The lowest BCUT2D eigenvalue weighted by molar-refractivity contribution is 0.102. The smallest absolute Gasteiger partial charge is 0.407 e. The molecule has 0 aliphatic carbocycles. The molecule has 1 aliphatic heterocycles. The Bertz CT molecular complexity index is 1160. The minimum Gasteiger partial charge on any atom is -0.477 e. The van der Waals surface area contributed by atoms with Crippen molar-refractivity contribution in [3.05, 3.63) is 42.0 Å². The molecule has 3 aromatic heterocycles. The zero-order chi connectivity index (χ0) is 22.8. The fourth-order valence-electron chi connectivity index (χ4n) is 3.70. The van der Waals surface area contributed by atoms with Crippen molar-refractivity contribution in [2.24, 2.45) is 0 Å². The van der Waals surface area contributed by atoms with Crippen molar-refractivity contribution in [3.63, 3.8) is 0 Å². The predicted molar refractivity (Wildman–Crippen MR) is 117 cm³/mol. The molecule has 11 heteroatoms. The number of amides is 2. The second kappa shape index (κ2) is 8.69. The first-order chi connectivity index (χ1) is 15.4. The quantitative estimate of drug-likeness (QED) is 0.599. The van der Waals surface area contributed by atoms with Crippen LogP contribution >= 0.6 is 0 Å².